The van der Waals surface area contributed by atoms with Crippen molar-refractivity contribution in [3.8, 4) is 5.75 Å². The molecule has 1 aromatic carbocycles. The molecule has 0 heterocycles. The number of benzene rings is 1. The summed E-state index contributed by atoms with van der Waals surface area (Å²) in [4.78, 5) is 10.2. The average molecular weight is 254 g/mol. The van der Waals surface area contributed by atoms with E-state index in [4.69, 9.17) is 10.2 Å². The van der Waals surface area contributed by atoms with E-state index in [0.717, 1.165) is 12.1 Å². The fraction of sp³-hybridized carbons (Fsp3) is 0.308. The number of rotatable bonds is 6. The van der Waals surface area contributed by atoms with E-state index in [-0.39, 0.29) is 0 Å². The van der Waals surface area contributed by atoms with Crippen LogP contribution in [0.5, 0.6) is 5.75 Å². The molecule has 1 rings (SSSR count). The van der Waals surface area contributed by atoms with Gasteiger partial charge in [0, 0.05) is 6.08 Å². The predicted octanol–water partition coefficient (Wildman–Crippen LogP) is 2.38. The summed E-state index contributed by atoms with van der Waals surface area (Å²) in [7, 11) is 0. The first-order chi connectivity index (χ1) is 8.50. The van der Waals surface area contributed by atoms with Crippen LogP contribution in [-0.4, -0.2) is 21.3 Å². The number of aliphatic hydroxyl groups is 1. The van der Waals surface area contributed by atoms with Crippen LogP contribution in [0.25, 0.3) is 0 Å². The topological polar surface area (TPSA) is 77.8 Å². The quantitative estimate of drug-likeness (QED) is 0.538. The Morgan fingerprint density at radius 2 is 2.17 bits per heavy atom. The molecule has 4 nitrogen and oxygen atoms in total. The lowest BCUT2D eigenvalue weighted by molar-refractivity contribution is -0.131. The maximum absolute atomic E-state index is 13.0. The molecule has 0 unspecified atom stereocenters. The molecule has 1 atom stereocenters. The zero-order valence-corrected chi connectivity index (χ0v) is 9.71. The summed E-state index contributed by atoms with van der Waals surface area (Å²) in [5.41, 5.74) is 0.396. The minimum atomic E-state index is -1.00. The summed E-state index contributed by atoms with van der Waals surface area (Å²) in [6.45, 7) is 0. The van der Waals surface area contributed by atoms with Crippen LogP contribution in [0.2, 0.25) is 0 Å². The van der Waals surface area contributed by atoms with Gasteiger partial charge in [-0.1, -0.05) is 12.1 Å². The average Bonchev–Trinajstić information content (AvgIpc) is 2.31. The van der Waals surface area contributed by atoms with Crippen LogP contribution in [0.4, 0.5) is 4.39 Å². The molecule has 0 saturated carbocycles. The minimum Gasteiger partial charge on any atom is -0.505 e. The number of unbranched alkanes of at least 4 members (excludes halogenated alkanes) is 1. The van der Waals surface area contributed by atoms with Crippen molar-refractivity contribution in [2.24, 2.45) is 0 Å². The van der Waals surface area contributed by atoms with Gasteiger partial charge in [-0.05, 0) is 37.0 Å². The number of hydrogen-bond acceptors (Lipinski definition) is 3. The lowest BCUT2D eigenvalue weighted by Crippen LogP contribution is -1.98. The largest absolute Gasteiger partial charge is 0.505 e. The number of phenols is 1. The molecule has 0 spiro atoms. The van der Waals surface area contributed by atoms with Crippen molar-refractivity contribution in [3.63, 3.8) is 0 Å². The van der Waals surface area contributed by atoms with E-state index < -0.39 is 23.6 Å². The van der Waals surface area contributed by atoms with Crippen LogP contribution in [0.1, 0.15) is 30.9 Å². The maximum Gasteiger partial charge on any atom is 0.327 e. The molecule has 1 aromatic rings. The van der Waals surface area contributed by atoms with Gasteiger partial charge < -0.3 is 15.3 Å². The Morgan fingerprint density at radius 1 is 1.44 bits per heavy atom. The molecule has 0 aliphatic carbocycles. The van der Waals surface area contributed by atoms with Crippen molar-refractivity contribution in [1.29, 1.82) is 0 Å². The number of phenolic OH excluding ortho intramolecular Hbond substituents is 1. The van der Waals surface area contributed by atoms with Gasteiger partial charge in [-0.15, -0.1) is 0 Å². The Morgan fingerprint density at radius 3 is 2.78 bits per heavy atom. The number of halogens is 1. The Hall–Kier alpha value is -1.88. The third-order valence-corrected chi connectivity index (χ3v) is 2.47. The molecular weight excluding hydrogens is 239 g/mol. The fourth-order valence-electron chi connectivity index (χ4n) is 1.51. The molecular formula is C13H15FO4. The van der Waals surface area contributed by atoms with Crippen molar-refractivity contribution >= 4 is 5.97 Å². The second-order valence-electron chi connectivity index (χ2n) is 3.90. The van der Waals surface area contributed by atoms with Gasteiger partial charge in [0.05, 0.1) is 6.10 Å². The van der Waals surface area contributed by atoms with Crippen molar-refractivity contribution < 1.29 is 24.5 Å². The molecule has 0 fully saturated rings. The first-order valence-electron chi connectivity index (χ1n) is 5.56. The summed E-state index contributed by atoms with van der Waals surface area (Å²) in [5.74, 6) is -2.22. The molecule has 18 heavy (non-hydrogen) atoms. The highest BCUT2D eigenvalue weighted by atomic mass is 19.1. The summed E-state index contributed by atoms with van der Waals surface area (Å²) in [6, 6.07) is 3.74. The molecule has 0 bridgehead atoms. The van der Waals surface area contributed by atoms with E-state index in [1.54, 1.807) is 0 Å². The van der Waals surface area contributed by atoms with Gasteiger partial charge in [0.25, 0.3) is 0 Å². The van der Waals surface area contributed by atoms with Gasteiger partial charge in [0.2, 0.25) is 0 Å². The Labute approximate surface area is 104 Å². The van der Waals surface area contributed by atoms with E-state index in [2.05, 4.69) is 0 Å². The number of carboxylic acids is 1. The fourth-order valence-corrected chi connectivity index (χ4v) is 1.51. The molecule has 0 radical (unpaired) electrons. The van der Waals surface area contributed by atoms with E-state index in [1.807, 2.05) is 0 Å². The number of carbonyl (C=O) groups is 1. The van der Waals surface area contributed by atoms with Crippen LogP contribution in [0.15, 0.2) is 30.4 Å². The van der Waals surface area contributed by atoms with Crippen molar-refractivity contribution in [1.82, 2.24) is 0 Å². The molecule has 0 amide bonds. The van der Waals surface area contributed by atoms with Gasteiger partial charge in [-0.25, -0.2) is 9.18 Å². The molecule has 5 heteroatoms. The Bertz CT molecular complexity index is 443. The van der Waals surface area contributed by atoms with Crippen LogP contribution in [0, 0.1) is 5.82 Å². The van der Waals surface area contributed by atoms with Crippen LogP contribution < -0.4 is 0 Å². The first-order valence-corrected chi connectivity index (χ1v) is 5.56. The summed E-state index contributed by atoms with van der Waals surface area (Å²) >= 11 is 0. The van der Waals surface area contributed by atoms with Gasteiger partial charge in [-0.3, -0.25) is 0 Å². The highest BCUT2D eigenvalue weighted by Crippen LogP contribution is 2.24. The lowest BCUT2D eigenvalue weighted by Gasteiger charge is -2.10. The second-order valence-corrected chi connectivity index (χ2v) is 3.90. The van der Waals surface area contributed by atoms with E-state index in [0.29, 0.717) is 24.8 Å². The van der Waals surface area contributed by atoms with Gasteiger partial charge in [0.1, 0.15) is 0 Å². The van der Waals surface area contributed by atoms with E-state index >= 15 is 0 Å². The number of hydrogen-bond donors (Lipinski definition) is 3. The molecule has 0 aliphatic heterocycles. The monoisotopic (exact) mass is 254 g/mol. The minimum absolute atomic E-state index is 0.396. The number of aliphatic hydroxyl groups excluding tert-OH is 1. The highest BCUT2D eigenvalue weighted by Gasteiger charge is 2.09. The van der Waals surface area contributed by atoms with Crippen LogP contribution in [-0.2, 0) is 4.79 Å². The summed E-state index contributed by atoms with van der Waals surface area (Å²) in [6.07, 6.45) is 3.25. The second kappa shape index (κ2) is 6.76. The highest BCUT2D eigenvalue weighted by molar-refractivity contribution is 5.79. The summed E-state index contributed by atoms with van der Waals surface area (Å²) in [5, 5.41) is 27.1. The van der Waals surface area contributed by atoms with E-state index in [1.165, 1.54) is 18.2 Å². The molecule has 0 aliphatic rings. The maximum atomic E-state index is 13.0. The molecule has 0 aromatic heterocycles. The third-order valence-electron chi connectivity index (χ3n) is 2.47. The number of allylic oxidation sites excluding steroid dienone is 1. The Kier molecular flexibility index (Phi) is 5.32. The summed E-state index contributed by atoms with van der Waals surface area (Å²) < 4.78 is 13.0. The van der Waals surface area contributed by atoms with Gasteiger partial charge >= 0.3 is 5.97 Å². The number of carboxylic acid groups (broad SMARTS) is 1. The standard InChI is InChI=1S/C13H15FO4/c14-10-8-9(6-7-12(10)16)11(15)4-2-1-3-5-13(17)18/h3,5-8,11,15-16H,1-2,4H2,(H,17,18)/b5-3+/t11-/m0/s1. The van der Waals surface area contributed by atoms with Crippen LogP contribution >= 0.6 is 0 Å². The first kappa shape index (κ1) is 14.2. The van der Waals surface area contributed by atoms with Crippen molar-refractivity contribution in [2.45, 2.75) is 25.4 Å². The lowest BCUT2D eigenvalue weighted by atomic mass is 10.0. The smallest absolute Gasteiger partial charge is 0.327 e. The van der Waals surface area contributed by atoms with Crippen LogP contribution in [0.3, 0.4) is 0 Å². The molecule has 0 saturated heterocycles. The van der Waals surface area contributed by atoms with Crippen molar-refractivity contribution in [2.75, 3.05) is 0 Å². The van der Waals surface area contributed by atoms with Crippen molar-refractivity contribution in [3.05, 3.63) is 41.7 Å². The zero-order valence-electron chi connectivity index (χ0n) is 9.71. The number of aromatic hydroxyl groups is 1. The molecule has 3 N–H and O–H groups in total. The normalized spacial score (nSPS) is 12.8. The predicted molar refractivity (Wildman–Crippen MR) is 63.7 cm³/mol. The van der Waals surface area contributed by atoms with E-state index in [9.17, 15) is 14.3 Å². The molecule has 98 valence electrons. The van der Waals surface area contributed by atoms with Gasteiger partial charge in [0.15, 0.2) is 11.6 Å². The third kappa shape index (κ3) is 4.55. The van der Waals surface area contributed by atoms with Gasteiger partial charge in [-0.2, -0.15) is 0 Å². The SMILES string of the molecule is O=C(O)/C=C/CCC[C@H](O)c1ccc(O)c(F)c1. The zero-order chi connectivity index (χ0) is 13.5. The Balaban J connectivity index is 2.43. The number of aliphatic carboxylic acids is 1.